The fourth-order valence-electron chi connectivity index (χ4n) is 3.48. The van der Waals surface area contributed by atoms with Crippen molar-refractivity contribution in [2.24, 2.45) is 5.92 Å². The number of benzene rings is 1. The molecule has 1 saturated heterocycles. The minimum Gasteiger partial charge on any atom is -0.467 e. The van der Waals surface area contributed by atoms with Gasteiger partial charge >= 0.3 is 0 Å². The third-order valence-electron chi connectivity index (χ3n) is 5.03. The van der Waals surface area contributed by atoms with Crippen LogP contribution in [0.2, 0.25) is 0 Å². The summed E-state index contributed by atoms with van der Waals surface area (Å²) in [5.41, 5.74) is 0.906. The molecule has 2 fully saturated rings. The van der Waals surface area contributed by atoms with E-state index in [0.29, 0.717) is 19.6 Å². The van der Waals surface area contributed by atoms with Crippen LogP contribution in [0.1, 0.15) is 30.6 Å². The van der Waals surface area contributed by atoms with Crippen LogP contribution in [0, 0.1) is 11.7 Å². The molecule has 4 rings (SSSR count). The molecule has 6 heteroatoms. The molecule has 1 saturated carbocycles. The molecule has 1 aromatic heterocycles. The summed E-state index contributed by atoms with van der Waals surface area (Å²) in [5.74, 6) is 0.118. The first kappa shape index (κ1) is 16.8. The van der Waals surface area contributed by atoms with Gasteiger partial charge in [0, 0.05) is 25.6 Å². The topological polar surface area (TPSA) is 53.8 Å². The lowest BCUT2D eigenvalue weighted by Gasteiger charge is -2.25. The van der Waals surface area contributed by atoms with Crippen LogP contribution in [0.3, 0.4) is 0 Å². The van der Waals surface area contributed by atoms with Gasteiger partial charge in [0.15, 0.2) is 0 Å². The summed E-state index contributed by atoms with van der Waals surface area (Å²) < 4.78 is 18.4. The molecule has 1 aliphatic heterocycles. The Hall–Kier alpha value is -2.63. The predicted molar refractivity (Wildman–Crippen MR) is 92.2 cm³/mol. The number of halogens is 1. The maximum atomic E-state index is 13.1. The third-order valence-corrected chi connectivity index (χ3v) is 5.03. The third kappa shape index (κ3) is 3.64. The van der Waals surface area contributed by atoms with E-state index >= 15 is 0 Å². The number of carbonyl (C=O) groups excluding carboxylic acids is 2. The SMILES string of the molecule is O=C1C[C@@H](C(=O)N(Cc2ccc(F)cc2)C2CC2)CN1Cc1ccco1. The minimum atomic E-state index is -0.321. The first-order chi connectivity index (χ1) is 12.6. The fourth-order valence-corrected chi connectivity index (χ4v) is 3.48. The Morgan fingerprint density at radius 2 is 2.00 bits per heavy atom. The number of carbonyl (C=O) groups is 2. The van der Waals surface area contributed by atoms with Gasteiger partial charge < -0.3 is 14.2 Å². The molecule has 0 spiro atoms. The Morgan fingerprint density at radius 3 is 2.65 bits per heavy atom. The Kier molecular flexibility index (Phi) is 4.49. The normalized spacial score (nSPS) is 19.8. The van der Waals surface area contributed by atoms with E-state index in [-0.39, 0.29) is 36.0 Å². The molecule has 2 aromatic rings. The molecule has 1 aliphatic carbocycles. The monoisotopic (exact) mass is 356 g/mol. The van der Waals surface area contributed by atoms with E-state index in [4.69, 9.17) is 4.42 Å². The van der Waals surface area contributed by atoms with Gasteiger partial charge in [0.05, 0.1) is 18.7 Å². The van der Waals surface area contributed by atoms with Crippen molar-refractivity contribution in [3.63, 3.8) is 0 Å². The first-order valence-corrected chi connectivity index (χ1v) is 8.95. The zero-order valence-corrected chi connectivity index (χ0v) is 14.4. The number of hydrogen-bond donors (Lipinski definition) is 0. The van der Waals surface area contributed by atoms with E-state index in [1.54, 1.807) is 29.4 Å². The standard InChI is InChI=1S/C20H21FN2O3/c21-16-5-3-14(4-6-16)11-23(17-7-8-17)20(25)15-10-19(24)22(12-15)13-18-2-1-9-26-18/h1-6,9,15,17H,7-8,10-13H2/t15-/m1/s1. The van der Waals surface area contributed by atoms with Crippen LogP contribution in [0.25, 0.3) is 0 Å². The maximum absolute atomic E-state index is 13.1. The Labute approximate surface area is 151 Å². The first-order valence-electron chi connectivity index (χ1n) is 8.95. The summed E-state index contributed by atoms with van der Waals surface area (Å²) in [6, 6.07) is 10.1. The Morgan fingerprint density at radius 1 is 1.23 bits per heavy atom. The van der Waals surface area contributed by atoms with Gasteiger partial charge in [-0.15, -0.1) is 0 Å². The van der Waals surface area contributed by atoms with Gasteiger partial charge in [0.1, 0.15) is 11.6 Å². The largest absolute Gasteiger partial charge is 0.467 e. The number of nitrogens with zero attached hydrogens (tertiary/aromatic N) is 2. The van der Waals surface area contributed by atoms with E-state index in [2.05, 4.69) is 0 Å². The Bertz CT molecular complexity index is 784. The molecule has 2 heterocycles. The highest BCUT2D eigenvalue weighted by Gasteiger charge is 2.41. The Balaban J connectivity index is 1.43. The van der Waals surface area contributed by atoms with Crippen molar-refractivity contribution < 1.29 is 18.4 Å². The van der Waals surface area contributed by atoms with E-state index in [0.717, 1.165) is 24.2 Å². The molecule has 0 N–H and O–H groups in total. The van der Waals surface area contributed by atoms with Crippen LogP contribution in [0.15, 0.2) is 47.1 Å². The summed E-state index contributed by atoms with van der Waals surface area (Å²) in [5, 5.41) is 0. The average Bonchev–Trinajstić information content (AvgIpc) is 3.22. The van der Waals surface area contributed by atoms with Crippen LogP contribution in [0.5, 0.6) is 0 Å². The van der Waals surface area contributed by atoms with Crippen LogP contribution in [0.4, 0.5) is 4.39 Å². The van der Waals surface area contributed by atoms with Crippen LogP contribution < -0.4 is 0 Å². The van der Waals surface area contributed by atoms with E-state index in [1.165, 1.54) is 12.1 Å². The fraction of sp³-hybridized carbons (Fsp3) is 0.400. The second-order valence-electron chi connectivity index (χ2n) is 7.08. The number of amides is 2. The number of hydrogen-bond acceptors (Lipinski definition) is 3. The zero-order chi connectivity index (χ0) is 18.1. The molecule has 0 unspecified atom stereocenters. The molecule has 136 valence electrons. The molecule has 2 aliphatic rings. The van der Waals surface area contributed by atoms with Crippen LogP contribution in [-0.4, -0.2) is 34.2 Å². The molecule has 0 bridgehead atoms. The lowest BCUT2D eigenvalue weighted by atomic mass is 10.1. The van der Waals surface area contributed by atoms with Gasteiger partial charge in [0.25, 0.3) is 0 Å². The molecule has 5 nitrogen and oxygen atoms in total. The van der Waals surface area contributed by atoms with Crippen molar-refractivity contribution in [2.75, 3.05) is 6.54 Å². The summed E-state index contributed by atoms with van der Waals surface area (Å²) in [4.78, 5) is 28.9. The molecule has 1 aromatic carbocycles. The smallest absolute Gasteiger partial charge is 0.228 e. The highest BCUT2D eigenvalue weighted by Crippen LogP contribution is 2.32. The van der Waals surface area contributed by atoms with E-state index in [9.17, 15) is 14.0 Å². The minimum absolute atomic E-state index is 0.0164. The van der Waals surface area contributed by atoms with E-state index in [1.807, 2.05) is 11.0 Å². The molecular weight excluding hydrogens is 335 g/mol. The van der Waals surface area contributed by atoms with E-state index < -0.39 is 0 Å². The second-order valence-corrected chi connectivity index (χ2v) is 7.08. The summed E-state index contributed by atoms with van der Waals surface area (Å²) in [7, 11) is 0. The van der Waals surface area contributed by atoms with Gasteiger partial charge in [0.2, 0.25) is 11.8 Å². The molecule has 1 atom stereocenters. The number of furan rings is 1. The highest BCUT2D eigenvalue weighted by atomic mass is 19.1. The molecular formula is C20H21FN2O3. The molecule has 26 heavy (non-hydrogen) atoms. The van der Waals surface area contributed by atoms with Crippen molar-refractivity contribution in [1.29, 1.82) is 0 Å². The van der Waals surface area contributed by atoms with Gasteiger partial charge in [-0.2, -0.15) is 0 Å². The predicted octanol–water partition coefficient (Wildman–Crippen LogP) is 2.96. The summed E-state index contributed by atoms with van der Waals surface area (Å²) >= 11 is 0. The summed E-state index contributed by atoms with van der Waals surface area (Å²) in [6.45, 7) is 1.29. The molecule has 2 amide bonds. The van der Waals surface area contributed by atoms with Crippen molar-refractivity contribution in [3.05, 3.63) is 59.8 Å². The number of likely N-dealkylation sites (tertiary alicyclic amines) is 1. The average molecular weight is 356 g/mol. The highest BCUT2D eigenvalue weighted by molar-refractivity contribution is 5.89. The van der Waals surface area contributed by atoms with Crippen LogP contribution in [-0.2, 0) is 22.7 Å². The van der Waals surface area contributed by atoms with Crippen molar-refractivity contribution in [2.45, 2.75) is 38.4 Å². The second kappa shape index (κ2) is 6.94. The number of rotatable bonds is 6. The summed E-state index contributed by atoms with van der Waals surface area (Å²) in [6.07, 6.45) is 3.80. The van der Waals surface area contributed by atoms with Crippen molar-refractivity contribution >= 4 is 11.8 Å². The lowest BCUT2D eigenvalue weighted by Crippen LogP contribution is -2.38. The van der Waals surface area contributed by atoms with Crippen molar-refractivity contribution in [3.8, 4) is 0 Å². The quantitative estimate of drug-likeness (QED) is 0.800. The maximum Gasteiger partial charge on any atom is 0.228 e. The van der Waals surface area contributed by atoms with Crippen molar-refractivity contribution in [1.82, 2.24) is 9.80 Å². The van der Waals surface area contributed by atoms with Gasteiger partial charge in [-0.3, -0.25) is 9.59 Å². The molecule has 0 radical (unpaired) electrons. The zero-order valence-electron chi connectivity index (χ0n) is 14.4. The van der Waals surface area contributed by atoms with Gasteiger partial charge in [-0.25, -0.2) is 4.39 Å². The van der Waals surface area contributed by atoms with Gasteiger partial charge in [-0.1, -0.05) is 12.1 Å². The van der Waals surface area contributed by atoms with Gasteiger partial charge in [-0.05, 0) is 42.7 Å². The lowest BCUT2D eigenvalue weighted by molar-refractivity contribution is -0.137. The van der Waals surface area contributed by atoms with Crippen LogP contribution >= 0.6 is 0 Å².